The number of pyridine rings is 1. The normalized spacial score (nSPS) is 16.4. The average Bonchev–Trinajstić information content (AvgIpc) is 2.89. The molecule has 0 fully saturated rings. The van der Waals surface area contributed by atoms with Crippen molar-refractivity contribution in [1.29, 1.82) is 0 Å². The van der Waals surface area contributed by atoms with Gasteiger partial charge in [0.05, 0.1) is 11.2 Å². The zero-order valence-electron chi connectivity index (χ0n) is 9.32. The molecule has 2 heterocycles. The highest BCUT2D eigenvalue weighted by Gasteiger charge is 1.96. The van der Waals surface area contributed by atoms with E-state index in [1.54, 1.807) is 0 Å². The van der Waals surface area contributed by atoms with E-state index in [-0.39, 0.29) is 10.9 Å². The molecule has 1 nitrogen and oxygen atoms in total. The van der Waals surface area contributed by atoms with Crippen molar-refractivity contribution in [3.8, 4) is 0 Å². The van der Waals surface area contributed by atoms with Gasteiger partial charge in [0.2, 0.25) is 0 Å². The third-order valence-corrected chi connectivity index (χ3v) is 4.19. The number of benzene rings is 1. The van der Waals surface area contributed by atoms with Crippen molar-refractivity contribution >= 4 is 27.9 Å². The second-order valence-electron chi connectivity index (χ2n) is 3.87. The molecular weight excluding hydrogens is 226 g/mol. The molecule has 1 aromatic heterocycles. The number of fused-ring (bicyclic) bond motifs is 1. The lowest BCUT2D eigenvalue weighted by atomic mass is 10.2. The van der Waals surface area contributed by atoms with Gasteiger partial charge in [0.15, 0.2) is 0 Å². The van der Waals surface area contributed by atoms with E-state index in [4.69, 9.17) is 0 Å². The first-order valence-electron chi connectivity index (χ1n) is 5.58. The topological polar surface area (TPSA) is 12.9 Å². The molecule has 3 rings (SSSR count). The largest absolute Gasteiger partial charge is 0.248 e. The highest BCUT2D eigenvalue weighted by molar-refractivity contribution is 8.24. The molecule has 84 valence electrons. The molecule has 2 heteroatoms. The van der Waals surface area contributed by atoms with Gasteiger partial charge < -0.3 is 0 Å². The molecule has 0 spiro atoms. The molecule has 0 radical (unpaired) electrons. The van der Waals surface area contributed by atoms with Gasteiger partial charge in [0, 0.05) is 5.39 Å². The predicted octanol–water partition coefficient (Wildman–Crippen LogP) is 4.25. The quantitative estimate of drug-likeness (QED) is 0.773. The van der Waals surface area contributed by atoms with Crippen LogP contribution in [-0.2, 0) is 0 Å². The van der Waals surface area contributed by atoms with Gasteiger partial charge in [-0.15, -0.1) is 0 Å². The van der Waals surface area contributed by atoms with Crippen LogP contribution in [0.25, 0.3) is 17.0 Å². The van der Waals surface area contributed by atoms with Gasteiger partial charge in [-0.2, -0.15) is 10.9 Å². The van der Waals surface area contributed by atoms with E-state index < -0.39 is 0 Å². The van der Waals surface area contributed by atoms with Crippen molar-refractivity contribution in [2.75, 3.05) is 0 Å². The third kappa shape index (κ3) is 2.32. The Morgan fingerprint density at radius 2 is 1.76 bits per heavy atom. The minimum Gasteiger partial charge on any atom is -0.248 e. The highest BCUT2D eigenvalue weighted by atomic mass is 32.2. The first kappa shape index (κ1) is 10.4. The van der Waals surface area contributed by atoms with E-state index in [1.807, 2.05) is 18.2 Å². The van der Waals surface area contributed by atoms with Crippen LogP contribution in [0.1, 0.15) is 5.69 Å². The summed E-state index contributed by atoms with van der Waals surface area (Å²) in [5.74, 6) is 0. The van der Waals surface area contributed by atoms with E-state index in [0.717, 1.165) is 11.2 Å². The number of para-hydroxylation sites is 1. The number of hydrogen-bond acceptors (Lipinski definition) is 1. The highest BCUT2D eigenvalue weighted by Crippen LogP contribution is 2.34. The van der Waals surface area contributed by atoms with Crippen LogP contribution in [0.3, 0.4) is 0 Å². The van der Waals surface area contributed by atoms with E-state index in [2.05, 4.69) is 57.6 Å². The van der Waals surface area contributed by atoms with E-state index in [0.29, 0.717) is 0 Å². The third-order valence-electron chi connectivity index (χ3n) is 2.66. The van der Waals surface area contributed by atoms with Crippen molar-refractivity contribution in [2.24, 2.45) is 0 Å². The standard InChI is InChI=1S/C15H13NS/c1-2-6-15-13(5-1)7-8-14(16-15)9-12-17-10-3-4-11-17/h1-12,17H/b12-9+. The van der Waals surface area contributed by atoms with Crippen molar-refractivity contribution in [1.82, 2.24) is 4.98 Å². The summed E-state index contributed by atoms with van der Waals surface area (Å²) in [5, 5.41) is 7.88. The first-order chi connectivity index (χ1) is 8.42. The summed E-state index contributed by atoms with van der Waals surface area (Å²) in [7, 11) is -0.194. The first-order valence-corrected chi connectivity index (χ1v) is 7.13. The van der Waals surface area contributed by atoms with Gasteiger partial charge in [0.1, 0.15) is 0 Å². The molecule has 0 saturated heterocycles. The number of aromatic nitrogens is 1. The van der Waals surface area contributed by atoms with Crippen molar-refractivity contribution in [3.05, 3.63) is 70.5 Å². The number of rotatable bonds is 2. The van der Waals surface area contributed by atoms with Crippen LogP contribution in [0.4, 0.5) is 0 Å². The van der Waals surface area contributed by atoms with Crippen LogP contribution >= 0.6 is 10.9 Å². The maximum Gasteiger partial charge on any atom is 0.0709 e. The Hall–Kier alpha value is -1.80. The van der Waals surface area contributed by atoms with Crippen LogP contribution in [0.5, 0.6) is 0 Å². The molecule has 1 aliphatic heterocycles. The zero-order chi connectivity index (χ0) is 11.5. The fourth-order valence-corrected chi connectivity index (χ4v) is 3.00. The molecule has 17 heavy (non-hydrogen) atoms. The molecule has 0 saturated carbocycles. The second-order valence-corrected chi connectivity index (χ2v) is 5.66. The van der Waals surface area contributed by atoms with Gasteiger partial charge in [-0.25, -0.2) is 4.98 Å². The van der Waals surface area contributed by atoms with Gasteiger partial charge in [-0.3, -0.25) is 0 Å². The van der Waals surface area contributed by atoms with Gasteiger partial charge in [0.25, 0.3) is 0 Å². The summed E-state index contributed by atoms with van der Waals surface area (Å²) in [4.78, 5) is 4.61. The van der Waals surface area contributed by atoms with Crippen LogP contribution in [0.15, 0.2) is 64.8 Å². The Bertz CT molecular complexity index is 614. The molecule has 1 aromatic carbocycles. The summed E-state index contributed by atoms with van der Waals surface area (Å²) in [6.07, 6.45) is 6.31. The molecule has 0 bridgehead atoms. The van der Waals surface area contributed by atoms with Gasteiger partial charge >= 0.3 is 0 Å². The van der Waals surface area contributed by atoms with Crippen LogP contribution in [-0.4, -0.2) is 4.98 Å². The Balaban J connectivity index is 1.90. The molecule has 2 aromatic rings. The van der Waals surface area contributed by atoms with Gasteiger partial charge in [-0.05, 0) is 34.4 Å². The smallest absolute Gasteiger partial charge is 0.0709 e. The summed E-state index contributed by atoms with van der Waals surface area (Å²) in [6.45, 7) is 0. The minimum atomic E-state index is -0.194. The molecule has 0 aliphatic carbocycles. The lowest BCUT2D eigenvalue weighted by molar-refractivity contribution is 1.37. The SMILES string of the molecule is C1=C[SH](/C=C/c2ccc3ccccc3n2)C=C1. The summed E-state index contributed by atoms with van der Waals surface area (Å²) < 4.78 is 0. The molecule has 0 unspecified atom stereocenters. The molecule has 1 aliphatic rings. The lowest BCUT2D eigenvalue weighted by Crippen LogP contribution is -1.82. The zero-order valence-corrected chi connectivity index (χ0v) is 10.2. The second kappa shape index (κ2) is 4.60. The van der Waals surface area contributed by atoms with Crippen molar-refractivity contribution in [3.63, 3.8) is 0 Å². The Morgan fingerprint density at radius 3 is 2.65 bits per heavy atom. The lowest BCUT2D eigenvalue weighted by Gasteiger charge is -2.02. The average molecular weight is 239 g/mol. The van der Waals surface area contributed by atoms with Crippen LogP contribution in [0, 0.1) is 0 Å². The number of nitrogens with zero attached hydrogens (tertiary/aromatic N) is 1. The van der Waals surface area contributed by atoms with E-state index in [1.165, 1.54) is 5.39 Å². The van der Waals surface area contributed by atoms with Crippen molar-refractivity contribution in [2.45, 2.75) is 0 Å². The summed E-state index contributed by atoms with van der Waals surface area (Å²) >= 11 is 0. The molecular formula is C15H13NS. The Labute approximate surface area is 104 Å². The number of thiol groups is 1. The Morgan fingerprint density at radius 1 is 0.941 bits per heavy atom. The molecule has 0 N–H and O–H groups in total. The molecule has 0 atom stereocenters. The number of allylic oxidation sites excluding steroid dienone is 2. The maximum atomic E-state index is 4.61. The number of hydrogen-bond donors (Lipinski definition) is 1. The van der Waals surface area contributed by atoms with Gasteiger partial charge in [-0.1, -0.05) is 36.4 Å². The fraction of sp³-hybridized carbons (Fsp3) is 0. The Kier molecular flexibility index (Phi) is 2.80. The van der Waals surface area contributed by atoms with Crippen LogP contribution < -0.4 is 0 Å². The maximum absolute atomic E-state index is 4.61. The monoisotopic (exact) mass is 239 g/mol. The van der Waals surface area contributed by atoms with Crippen LogP contribution in [0.2, 0.25) is 0 Å². The van der Waals surface area contributed by atoms with E-state index in [9.17, 15) is 0 Å². The van der Waals surface area contributed by atoms with E-state index >= 15 is 0 Å². The summed E-state index contributed by atoms with van der Waals surface area (Å²) in [5.41, 5.74) is 2.08. The molecule has 0 amide bonds. The predicted molar refractivity (Wildman–Crippen MR) is 78.0 cm³/mol. The fourth-order valence-electron chi connectivity index (χ4n) is 1.78. The minimum absolute atomic E-state index is 0.194. The van der Waals surface area contributed by atoms with Crippen molar-refractivity contribution < 1.29 is 0 Å². The summed E-state index contributed by atoms with van der Waals surface area (Å²) in [6, 6.07) is 12.4.